The number of ether oxygens (including phenoxy) is 1. The van der Waals surface area contributed by atoms with Crippen LogP contribution in [0.4, 0.5) is 5.69 Å². The average Bonchev–Trinajstić information content (AvgIpc) is 2.09. The van der Waals surface area contributed by atoms with Crippen LogP contribution in [0.3, 0.4) is 0 Å². The molecule has 0 aliphatic rings. The Balaban J connectivity index is 2.89. The van der Waals surface area contributed by atoms with Crippen LogP contribution in [0.25, 0.3) is 0 Å². The van der Waals surface area contributed by atoms with Crippen LogP contribution >= 0.6 is 11.8 Å². The molecule has 0 aliphatic heterocycles. The van der Waals surface area contributed by atoms with Gasteiger partial charge in [-0.1, -0.05) is 6.07 Å². The van der Waals surface area contributed by atoms with Gasteiger partial charge < -0.3 is 10.5 Å². The quantitative estimate of drug-likeness (QED) is 0.729. The largest absolute Gasteiger partial charge is 0.495 e. The number of benzene rings is 1. The summed E-state index contributed by atoms with van der Waals surface area (Å²) >= 11 is 1.78. The molecule has 0 atom stereocenters. The van der Waals surface area contributed by atoms with Gasteiger partial charge in [-0.15, -0.1) is 0 Å². The molecule has 0 spiro atoms. The van der Waals surface area contributed by atoms with Crippen molar-refractivity contribution in [2.45, 2.75) is 5.75 Å². The lowest BCUT2D eigenvalue weighted by molar-refractivity contribution is 0.416. The zero-order valence-electron chi connectivity index (χ0n) is 7.33. The highest BCUT2D eigenvalue weighted by molar-refractivity contribution is 7.97. The van der Waals surface area contributed by atoms with Gasteiger partial charge in [0.2, 0.25) is 0 Å². The van der Waals surface area contributed by atoms with Crippen LogP contribution in [0.15, 0.2) is 18.2 Å². The molecule has 0 radical (unpaired) electrons. The number of nitrogen functional groups attached to an aromatic ring is 1. The Morgan fingerprint density at radius 3 is 2.83 bits per heavy atom. The second kappa shape index (κ2) is 4.26. The zero-order valence-corrected chi connectivity index (χ0v) is 8.15. The smallest absolute Gasteiger partial charge is 0.142 e. The van der Waals surface area contributed by atoms with Crippen molar-refractivity contribution in [2.24, 2.45) is 0 Å². The lowest BCUT2D eigenvalue weighted by Gasteiger charge is -2.05. The highest BCUT2D eigenvalue weighted by Crippen LogP contribution is 2.23. The summed E-state index contributed by atoms with van der Waals surface area (Å²) in [6.07, 6.45) is 2.07. The van der Waals surface area contributed by atoms with E-state index in [1.165, 1.54) is 5.56 Å². The van der Waals surface area contributed by atoms with Crippen molar-refractivity contribution in [3.63, 3.8) is 0 Å². The third kappa shape index (κ3) is 2.08. The van der Waals surface area contributed by atoms with Gasteiger partial charge in [0.25, 0.3) is 0 Å². The molecule has 0 aliphatic carbocycles. The number of nitrogens with two attached hydrogens (primary N) is 1. The van der Waals surface area contributed by atoms with E-state index in [2.05, 4.69) is 6.26 Å². The van der Waals surface area contributed by atoms with Gasteiger partial charge in [0.05, 0.1) is 12.8 Å². The first-order chi connectivity index (χ1) is 5.77. The fourth-order valence-electron chi connectivity index (χ4n) is 1.01. The molecule has 2 N–H and O–H groups in total. The van der Waals surface area contributed by atoms with Crippen molar-refractivity contribution in [1.82, 2.24) is 0 Å². The zero-order chi connectivity index (χ0) is 8.97. The summed E-state index contributed by atoms with van der Waals surface area (Å²) in [7, 11) is 1.63. The third-order valence-electron chi connectivity index (χ3n) is 1.61. The second-order valence-electron chi connectivity index (χ2n) is 2.51. The Morgan fingerprint density at radius 1 is 1.50 bits per heavy atom. The lowest BCUT2D eigenvalue weighted by atomic mass is 10.2. The Hall–Kier alpha value is -0.830. The Kier molecular flexibility index (Phi) is 3.29. The van der Waals surface area contributed by atoms with Gasteiger partial charge in [0.15, 0.2) is 0 Å². The van der Waals surface area contributed by atoms with E-state index >= 15 is 0 Å². The molecule has 66 valence electrons. The van der Waals surface area contributed by atoms with E-state index in [0.717, 1.165) is 11.5 Å². The molecular formula is C9H13NOS. The first-order valence-corrected chi connectivity index (χ1v) is 5.08. The van der Waals surface area contributed by atoms with E-state index in [1.54, 1.807) is 18.9 Å². The number of hydrogen-bond acceptors (Lipinski definition) is 3. The van der Waals surface area contributed by atoms with Crippen LogP contribution in [-0.4, -0.2) is 13.4 Å². The Labute approximate surface area is 77.1 Å². The standard InChI is InChI=1S/C9H13NOS/c1-11-9-5-7(6-12-2)3-4-8(9)10/h3-5H,6,10H2,1-2H3. The van der Waals surface area contributed by atoms with Gasteiger partial charge in [-0.05, 0) is 24.0 Å². The molecule has 12 heavy (non-hydrogen) atoms. The molecule has 3 heteroatoms. The van der Waals surface area contributed by atoms with Crippen LogP contribution in [0.1, 0.15) is 5.56 Å². The molecule has 0 saturated carbocycles. The van der Waals surface area contributed by atoms with Crippen molar-refractivity contribution < 1.29 is 4.74 Å². The number of methoxy groups -OCH3 is 1. The summed E-state index contributed by atoms with van der Waals surface area (Å²) in [4.78, 5) is 0. The molecule has 1 aromatic rings. The first kappa shape index (κ1) is 9.26. The predicted molar refractivity (Wildman–Crippen MR) is 54.6 cm³/mol. The van der Waals surface area contributed by atoms with E-state index in [9.17, 15) is 0 Å². The number of rotatable bonds is 3. The van der Waals surface area contributed by atoms with E-state index in [4.69, 9.17) is 10.5 Å². The topological polar surface area (TPSA) is 35.2 Å². The van der Waals surface area contributed by atoms with Crippen LogP contribution in [-0.2, 0) is 5.75 Å². The number of hydrogen-bond donors (Lipinski definition) is 1. The van der Waals surface area contributed by atoms with E-state index in [1.807, 2.05) is 18.2 Å². The minimum absolute atomic E-state index is 0.697. The summed E-state index contributed by atoms with van der Waals surface area (Å²) in [5, 5.41) is 0. The van der Waals surface area contributed by atoms with Crippen molar-refractivity contribution in [2.75, 3.05) is 19.1 Å². The molecule has 1 rings (SSSR count). The average molecular weight is 183 g/mol. The molecular weight excluding hydrogens is 170 g/mol. The van der Waals surface area contributed by atoms with Gasteiger partial charge in [0, 0.05) is 5.75 Å². The lowest BCUT2D eigenvalue weighted by Crippen LogP contribution is -1.93. The third-order valence-corrected chi connectivity index (χ3v) is 2.23. The van der Waals surface area contributed by atoms with Crippen LogP contribution in [0, 0.1) is 0 Å². The monoisotopic (exact) mass is 183 g/mol. The molecule has 0 unspecified atom stereocenters. The molecule has 0 saturated heterocycles. The van der Waals surface area contributed by atoms with Crippen molar-refractivity contribution in [3.8, 4) is 5.75 Å². The normalized spacial score (nSPS) is 9.83. The van der Waals surface area contributed by atoms with Crippen LogP contribution in [0.2, 0.25) is 0 Å². The molecule has 0 heterocycles. The van der Waals surface area contributed by atoms with Crippen molar-refractivity contribution in [1.29, 1.82) is 0 Å². The number of anilines is 1. The van der Waals surface area contributed by atoms with Gasteiger partial charge >= 0.3 is 0 Å². The first-order valence-electron chi connectivity index (χ1n) is 3.69. The molecule has 1 aromatic carbocycles. The molecule has 0 bridgehead atoms. The second-order valence-corrected chi connectivity index (χ2v) is 3.38. The Bertz CT molecular complexity index is 263. The van der Waals surface area contributed by atoms with Gasteiger partial charge in [-0.25, -0.2) is 0 Å². The Morgan fingerprint density at radius 2 is 2.25 bits per heavy atom. The predicted octanol–water partition coefficient (Wildman–Crippen LogP) is 2.14. The SMILES string of the molecule is COc1cc(CSC)ccc1N. The van der Waals surface area contributed by atoms with Crippen LogP contribution in [0.5, 0.6) is 5.75 Å². The fourth-order valence-corrected chi connectivity index (χ4v) is 1.52. The summed E-state index contributed by atoms with van der Waals surface area (Å²) in [5.41, 5.74) is 7.60. The van der Waals surface area contributed by atoms with Gasteiger partial charge in [-0.3, -0.25) is 0 Å². The summed E-state index contributed by atoms with van der Waals surface area (Å²) in [6.45, 7) is 0. The highest BCUT2D eigenvalue weighted by Gasteiger charge is 1.99. The van der Waals surface area contributed by atoms with Crippen LogP contribution < -0.4 is 10.5 Å². The minimum Gasteiger partial charge on any atom is -0.495 e. The maximum atomic E-state index is 5.66. The summed E-state index contributed by atoms with van der Waals surface area (Å²) in [6, 6.07) is 5.88. The van der Waals surface area contributed by atoms with E-state index in [0.29, 0.717) is 5.69 Å². The van der Waals surface area contributed by atoms with Gasteiger partial charge in [-0.2, -0.15) is 11.8 Å². The molecule has 0 aromatic heterocycles. The summed E-state index contributed by atoms with van der Waals surface area (Å²) < 4.78 is 5.10. The fraction of sp³-hybridized carbons (Fsp3) is 0.333. The minimum atomic E-state index is 0.697. The maximum absolute atomic E-state index is 5.66. The maximum Gasteiger partial charge on any atom is 0.142 e. The molecule has 0 fully saturated rings. The van der Waals surface area contributed by atoms with Crippen molar-refractivity contribution in [3.05, 3.63) is 23.8 Å². The van der Waals surface area contributed by atoms with E-state index in [-0.39, 0.29) is 0 Å². The highest BCUT2D eigenvalue weighted by atomic mass is 32.2. The molecule has 2 nitrogen and oxygen atoms in total. The van der Waals surface area contributed by atoms with Gasteiger partial charge in [0.1, 0.15) is 5.75 Å². The molecule has 0 amide bonds. The summed E-state index contributed by atoms with van der Waals surface area (Å²) in [5.74, 6) is 1.76. The number of thioether (sulfide) groups is 1. The van der Waals surface area contributed by atoms with E-state index < -0.39 is 0 Å². The van der Waals surface area contributed by atoms with Crippen molar-refractivity contribution >= 4 is 17.4 Å².